The number of thiocarbonyl (C=S) groups is 1. The molecule has 2 heterocycles. The first-order valence-electron chi connectivity index (χ1n) is 10.2. The van der Waals surface area contributed by atoms with Crippen LogP contribution in [0.5, 0.6) is 5.75 Å². The molecule has 2 aromatic carbocycles. The molecule has 1 fully saturated rings. The van der Waals surface area contributed by atoms with E-state index in [-0.39, 0.29) is 18.1 Å². The van der Waals surface area contributed by atoms with E-state index in [1.807, 2.05) is 0 Å². The molecule has 0 atom stereocenters. The van der Waals surface area contributed by atoms with Crippen LogP contribution in [-0.4, -0.2) is 27.6 Å². The van der Waals surface area contributed by atoms with Crippen LogP contribution in [0.4, 0.5) is 18.9 Å². The first-order chi connectivity index (χ1) is 16.7. The normalized spacial score (nSPS) is 15.1. The number of benzene rings is 2. The zero-order chi connectivity index (χ0) is 25.0. The topological polar surface area (TPSA) is 71.8 Å². The summed E-state index contributed by atoms with van der Waals surface area (Å²) in [5, 5.41) is 2.22. The second kappa shape index (κ2) is 10.4. The highest BCUT2D eigenvalue weighted by Crippen LogP contribution is 2.35. The Balaban J connectivity index is 1.39. The van der Waals surface area contributed by atoms with Gasteiger partial charge in [-0.05, 0) is 48.0 Å². The van der Waals surface area contributed by atoms with Crippen molar-refractivity contribution in [1.82, 2.24) is 4.90 Å². The number of ether oxygens (including phenoxy) is 1. The number of carbonyl (C=O) groups is 2. The Hall–Kier alpha value is -3.57. The van der Waals surface area contributed by atoms with E-state index in [1.165, 1.54) is 29.4 Å². The predicted molar refractivity (Wildman–Crippen MR) is 129 cm³/mol. The van der Waals surface area contributed by atoms with Gasteiger partial charge in [0.2, 0.25) is 0 Å². The molecule has 3 aromatic rings. The molecule has 0 spiro atoms. The van der Waals surface area contributed by atoms with Crippen molar-refractivity contribution in [1.29, 1.82) is 0 Å². The number of hydrogen-bond acceptors (Lipinski definition) is 6. The molecule has 0 saturated carbocycles. The van der Waals surface area contributed by atoms with Crippen molar-refractivity contribution in [3.63, 3.8) is 0 Å². The number of rotatable bonds is 7. The van der Waals surface area contributed by atoms with Crippen LogP contribution in [-0.2, 0) is 22.3 Å². The molecule has 1 aromatic heterocycles. The van der Waals surface area contributed by atoms with E-state index in [2.05, 4.69) is 5.32 Å². The monoisotopic (exact) mass is 518 g/mol. The zero-order valence-electron chi connectivity index (χ0n) is 17.9. The SMILES string of the molecule is O=C(COc1cccc(/C=C2\SC(=S)N(Cc3ccco3)C2=O)c1)Nc1ccccc1C(F)(F)F. The Morgan fingerprint density at radius 1 is 1.14 bits per heavy atom. The van der Waals surface area contributed by atoms with E-state index in [0.29, 0.717) is 26.3 Å². The Bertz CT molecular complexity index is 1290. The fraction of sp³-hybridized carbons (Fsp3) is 0.125. The van der Waals surface area contributed by atoms with Crippen LogP contribution in [0.25, 0.3) is 6.08 Å². The molecule has 35 heavy (non-hydrogen) atoms. The average molecular weight is 519 g/mol. The summed E-state index contributed by atoms with van der Waals surface area (Å²) in [5.41, 5.74) is -0.664. The number of thioether (sulfide) groups is 1. The summed E-state index contributed by atoms with van der Waals surface area (Å²) >= 11 is 6.47. The van der Waals surface area contributed by atoms with Gasteiger partial charge in [0.15, 0.2) is 6.61 Å². The number of para-hydroxylation sites is 1. The number of nitrogens with one attached hydrogen (secondary N) is 1. The van der Waals surface area contributed by atoms with E-state index < -0.39 is 24.3 Å². The van der Waals surface area contributed by atoms with E-state index in [4.69, 9.17) is 21.4 Å². The molecule has 180 valence electrons. The van der Waals surface area contributed by atoms with Gasteiger partial charge in [-0.25, -0.2) is 0 Å². The standard InChI is InChI=1S/C24H17F3N2O4S2/c25-24(26,27)18-8-1-2-9-19(18)28-21(30)14-33-16-6-3-5-15(11-16)12-20-22(31)29(23(34)35-20)13-17-7-4-10-32-17/h1-12H,13-14H2,(H,28,30)/b20-12-. The summed E-state index contributed by atoms with van der Waals surface area (Å²) in [7, 11) is 0. The zero-order valence-corrected chi connectivity index (χ0v) is 19.5. The number of carbonyl (C=O) groups excluding carboxylic acids is 2. The van der Waals surface area contributed by atoms with Gasteiger partial charge < -0.3 is 14.5 Å². The van der Waals surface area contributed by atoms with Crippen molar-refractivity contribution in [2.75, 3.05) is 11.9 Å². The minimum Gasteiger partial charge on any atom is -0.484 e. The molecule has 4 rings (SSSR count). The van der Waals surface area contributed by atoms with E-state index in [9.17, 15) is 22.8 Å². The Labute approximate surface area is 207 Å². The molecular formula is C24H17F3N2O4S2. The fourth-order valence-corrected chi connectivity index (χ4v) is 4.47. The van der Waals surface area contributed by atoms with Crippen LogP contribution < -0.4 is 10.1 Å². The Morgan fingerprint density at radius 3 is 2.69 bits per heavy atom. The first kappa shape index (κ1) is 24.6. The van der Waals surface area contributed by atoms with Crippen LogP contribution in [0.1, 0.15) is 16.9 Å². The summed E-state index contributed by atoms with van der Waals surface area (Å²) in [4.78, 5) is 26.8. The predicted octanol–water partition coefficient (Wildman–Crippen LogP) is 5.72. The summed E-state index contributed by atoms with van der Waals surface area (Å²) in [6.07, 6.45) is -1.43. The van der Waals surface area contributed by atoms with Crippen molar-refractivity contribution >= 4 is 51.9 Å². The van der Waals surface area contributed by atoms with Gasteiger partial charge in [0, 0.05) is 0 Å². The average Bonchev–Trinajstić information content (AvgIpc) is 3.42. The summed E-state index contributed by atoms with van der Waals surface area (Å²) in [5.74, 6) is -0.0884. The molecule has 1 aliphatic rings. The molecular weight excluding hydrogens is 501 g/mol. The van der Waals surface area contributed by atoms with Gasteiger partial charge in [-0.3, -0.25) is 14.5 Å². The molecule has 1 aliphatic heterocycles. The lowest BCUT2D eigenvalue weighted by Gasteiger charge is -2.14. The summed E-state index contributed by atoms with van der Waals surface area (Å²) in [6, 6.07) is 14.8. The van der Waals surface area contributed by atoms with Crippen molar-refractivity contribution in [3.05, 3.63) is 88.7 Å². The maximum Gasteiger partial charge on any atom is 0.418 e. The maximum absolute atomic E-state index is 13.1. The van der Waals surface area contributed by atoms with Crippen molar-refractivity contribution < 1.29 is 31.9 Å². The number of halogens is 3. The lowest BCUT2D eigenvalue weighted by molar-refractivity contribution is -0.137. The van der Waals surface area contributed by atoms with E-state index >= 15 is 0 Å². The highest BCUT2D eigenvalue weighted by molar-refractivity contribution is 8.26. The fourth-order valence-electron chi connectivity index (χ4n) is 3.21. The number of alkyl halides is 3. The van der Waals surface area contributed by atoms with Gasteiger partial charge in [-0.1, -0.05) is 48.2 Å². The highest BCUT2D eigenvalue weighted by Gasteiger charge is 2.34. The first-order valence-corrected chi connectivity index (χ1v) is 11.4. The van der Waals surface area contributed by atoms with Crippen molar-refractivity contribution in [2.24, 2.45) is 0 Å². The lowest BCUT2D eigenvalue weighted by atomic mass is 10.1. The molecule has 2 amide bonds. The second-order valence-corrected chi connectivity index (χ2v) is 8.98. The minimum absolute atomic E-state index is 0.227. The number of furan rings is 1. The van der Waals surface area contributed by atoms with Crippen molar-refractivity contribution in [3.8, 4) is 5.75 Å². The van der Waals surface area contributed by atoms with Crippen LogP contribution in [0, 0.1) is 0 Å². The Morgan fingerprint density at radius 2 is 1.94 bits per heavy atom. The number of amides is 2. The van der Waals surface area contributed by atoms with Crippen LogP contribution in [0.15, 0.2) is 76.2 Å². The smallest absolute Gasteiger partial charge is 0.418 e. The minimum atomic E-state index is -4.60. The number of nitrogens with zero attached hydrogens (tertiary/aromatic N) is 1. The van der Waals surface area contributed by atoms with Gasteiger partial charge in [0.1, 0.15) is 15.8 Å². The van der Waals surface area contributed by atoms with Crippen LogP contribution in [0.3, 0.4) is 0 Å². The molecule has 0 radical (unpaired) electrons. The molecule has 0 aliphatic carbocycles. The van der Waals surface area contributed by atoms with E-state index in [0.717, 1.165) is 17.8 Å². The van der Waals surface area contributed by atoms with Crippen LogP contribution >= 0.6 is 24.0 Å². The third kappa shape index (κ3) is 6.11. The molecule has 1 N–H and O–H groups in total. The summed E-state index contributed by atoms with van der Waals surface area (Å²) < 4.78 is 50.4. The van der Waals surface area contributed by atoms with Gasteiger partial charge in [-0.2, -0.15) is 13.2 Å². The highest BCUT2D eigenvalue weighted by atomic mass is 32.2. The van der Waals surface area contributed by atoms with Gasteiger partial charge in [0.05, 0.1) is 29.0 Å². The van der Waals surface area contributed by atoms with E-state index in [1.54, 1.807) is 42.5 Å². The second-order valence-electron chi connectivity index (χ2n) is 7.30. The lowest BCUT2D eigenvalue weighted by Crippen LogP contribution is -2.27. The van der Waals surface area contributed by atoms with Gasteiger partial charge in [-0.15, -0.1) is 0 Å². The molecule has 0 unspecified atom stereocenters. The molecule has 1 saturated heterocycles. The van der Waals surface area contributed by atoms with Gasteiger partial charge >= 0.3 is 6.18 Å². The largest absolute Gasteiger partial charge is 0.484 e. The molecule has 0 bridgehead atoms. The number of hydrogen-bond donors (Lipinski definition) is 1. The summed E-state index contributed by atoms with van der Waals surface area (Å²) in [6.45, 7) is -0.272. The third-order valence-electron chi connectivity index (χ3n) is 4.80. The van der Waals surface area contributed by atoms with Crippen molar-refractivity contribution in [2.45, 2.75) is 12.7 Å². The quantitative estimate of drug-likeness (QED) is 0.319. The number of anilines is 1. The molecule has 11 heteroatoms. The van der Waals surface area contributed by atoms with Gasteiger partial charge in [0.25, 0.3) is 11.8 Å². The molecule has 6 nitrogen and oxygen atoms in total. The third-order valence-corrected chi connectivity index (χ3v) is 6.18. The van der Waals surface area contributed by atoms with Crippen LogP contribution in [0.2, 0.25) is 0 Å². The Kier molecular flexibility index (Phi) is 7.27. The maximum atomic E-state index is 13.1.